The van der Waals surface area contributed by atoms with E-state index in [4.69, 9.17) is 9.47 Å². The summed E-state index contributed by atoms with van der Waals surface area (Å²) in [5.74, 6) is -0.498. The van der Waals surface area contributed by atoms with E-state index in [0.29, 0.717) is 23.5 Å². The molecule has 8 nitrogen and oxygen atoms in total. The van der Waals surface area contributed by atoms with E-state index in [1.807, 2.05) is 68.4 Å². The summed E-state index contributed by atoms with van der Waals surface area (Å²) < 4.78 is 11.8. The van der Waals surface area contributed by atoms with Gasteiger partial charge in [-0.2, -0.15) is 0 Å². The van der Waals surface area contributed by atoms with Crippen LogP contribution < -0.4 is 19.9 Å². The molecule has 1 heterocycles. The normalized spacial score (nSPS) is 17.9. The fourth-order valence-corrected chi connectivity index (χ4v) is 5.37. The number of ether oxygens (including phenoxy) is 2. The molecule has 0 aromatic heterocycles. The van der Waals surface area contributed by atoms with Gasteiger partial charge in [0.1, 0.15) is 18.4 Å². The molecule has 3 aromatic rings. The molecule has 39 heavy (non-hydrogen) atoms. The van der Waals surface area contributed by atoms with Crippen molar-refractivity contribution in [1.29, 1.82) is 0 Å². The Morgan fingerprint density at radius 2 is 1.79 bits per heavy atom. The Labute approximate surface area is 237 Å². The third-order valence-electron chi connectivity index (χ3n) is 7.33. The number of methoxy groups -OCH3 is 2. The first kappa shape index (κ1) is 28.6. The highest BCUT2D eigenvalue weighted by molar-refractivity contribution is 9.10. The van der Waals surface area contributed by atoms with Crippen LogP contribution in [0.4, 0.5) is 11.4 Å². The molecule has 0 spiro atoms. The van der Waals surface area contributed by atoms with Gasteiger partial charge in [0.2, 0.25) is 5.91 Å². The van der Waals surface area contributed by atoms with E-state index in [0.717, 1.165) is 20.8 Å². The van der Waals surface area contributed by atoms with Gasteiger partial charge in [-0.05, 0) is 54.4 Å². The van der Waals surface area contributed by atoms with Gasteiger partial charge in [-0.15, -0.1) is 0 Å². The van der Waals surface area contributed by atoms with Gasteiger partial charge >= 0.3 is 0 Å². The molecule has 1 aliphatic rings. The molecule has 0 bridgehead atoms. The number of carbonyl (C=O) groups excluding carboxylic acids is 3. The van der Waals surface area contributed by atoms with Gasteiger partial charge in [0.25, 0.3) is 11.8 Å². The van der Waals surface area contributed by atoms with E-state index < -0.39 is 12.1 Å². The van der Waals surface area contributed by atoms with Crippen molar-refractivity contribution in [3.05, 3.63) is 64.6 Å². The van der Waals surface area contributed by atoms with Crippen LogP contribution in [0.15, 0.2) is 59.1 Å². The molecule has 206 valence electrons. The highest BCUT2D eigenvalue weighted by atomic mass is 79.9. The quantitative estimate of drug-likeness (QED) is 0.393. The summed E-state index contributed by atoms with van der Waals surface area (Å²) in [6.07, 6.45) is 0.625. The van der Waals surface area contributed by atoms with Crippen molar-refractivity contribution < 1.29 is 23.9 Å². The van der Waals surface area contributed by atoms with Gasteiger partial charge in [0.15, 0.2) is 0 Å². The van der Waals surface area contributed by atoms with Crippen LogP contribution in [0, 0.1) is 5.92 Å². The molecule has 3 amide bonds. The molecule has 0 saturated heterocycles. The molecule has 0 saturated carbocycles. The Kier molecular flexibility index (Phi) is 8.92. The average molecular weight is 597 g/mol. The summed E-state index contributed by atoms with van der Waals surface area (Å²) in [5, 5.41) is 4.88. The fourth-order valence-electron chi connectivity index (χ4n) is 5.00. The monoisotopic (exact) mass is 595 g/mol. The summed E-state index contributed by atoms with van der Waals surface area (Å²) in [4.78, 5) is 44.0. The van der Waals surface area contributed by atoms with E-state index in [1.54, 1.807) is 23.8 Å². The highest BCUT2D eigenvalue weighted by Crippen LogP contribution is 2.39. The average Bonchev–Trinajstić information content (AvgIpc) is 3.01. The van der Waals surface area contributed by atoms with Crippen LogP contribution in [0.25, 0.3) is 10.8 Å². The number of para-hydroxylation sites is 2. The van der Waals surface area contributed by atoms with Crippen LogP contribution in [0.1, 0.15) is 32.8 Å². The van der Waals surface area contributed by atoms with Crippen molar-refractivity contribution >= 4 is 55.8 Å². The smallest absolute Gasteiger partial charge is 0.253 e. The number of carbonyl (C=O) groups is 3. The Morgan fingerprint density at radius 3 is 2.46 bits per heavy atom. The molecule has 0 unspecified atom stereocenters. The first-order valence-electron chi connectivity index (χ1n) is 13.0. The molecule has 1 N–H and O–H groups in total. The molecule has 4 rings (SSSR count). The number of nitrogens with one attached hydrogen (secondary N) is 1. The van der Waals surface area contributed by atoms with E-state index in [-0.39, 0.29) is 36.8 Å². The van der Waals surface area contributed by atoms with Crippen LogP contribution in [0.5, 0.6) is 5.75 Å². The predicted molar refractivity (Wildman–Crippen MR) is 156 cm³/mol. The van der Waals surface area contributed by atoms with E-state index in [1.165, 1.54) is 7.11 Å². The number of fused-ring (bicyclic) bond motifs is 2. The lowest BCUT2D eigenvalue weighted by molar-refractivity contribution is -0.130. The number of benzene rings is 3. The Hall–Kier alpha value is -3.43. The number of anilines is 2. The fraction of sp³-hybridized carbons (Fsp3) is 0.367. The Bertz CT molecular complexity index is 1390. The second-order valence-corrected chi connectivity index (χ2v) is 10.7. The van der Waals surface area contributed by atoms with Crippen LogP contribution in [-0.2, 0) is 25.7 Å². The molecule has 0 aliphatic carbocycles. The van der Waals surface area contributed by atoms with Crippen molar-refractivity contribution in [2.24, 2.45) is 5.92 Å². The minimum Gasteiger partial charge on any atom is -0.496 e. The van der Waals surface area contributed by atoms with E-state index in [9.17, 15) is 14.4 Å². The topological polar surface area (TPSA) is 88.2 Å². The van der Waals surface area contributed by atoms with Crippen molar-refractivity contribution in [2.75, 3.05) is 30.6 Å². The lowest BCUT2D eigenvalue weighted by Gasteiger charge is -2.32. The van der Waals surface area contributed by atoms with Gasteiger partial charge in [-0.1, -0.05) is 54.0 Å². The lowest BCUT2D eigenvalue weighted by Crippen LogP contribution is -2.58. The van der Waals surface area contributed by atoms with Crippen molar-refractivity contribution in [3.8, 4) is 5.75 Å². The first-order valence-corrected chi connectivity index (χ1v) is 13.8. The van der Waals surface area contributed by atoms with E-state index in [2.05, 4.69) is 21.2 Å². The molecule has 3 aromatic carbocycles. The molecular formula is C30H34BrN3O5. The highest BCUT2D eigenvalue weighted by Gasteiger charge is 2.42. The number of halogens is 1. The molecular weight excluding hydrogens is 562 g/mol. The number of hydrogen-bond donors (Lipinski definition) is 1. The number of amides is 3. The third kappa shape index (κ3) is 5.65. The Balaban J connectivity index is 1.90. The first-order chi connectivity index (χ1) is 18.7. The maximum Gasteiger partial charge on any atom is 0.253 e. The summed E-state index contributed by atoms with van der Waals surface area (Å²) >= 11 is 3.54. The molecule has 0 radical (unpaired) electrons. The molecule has 9 heteroatoms. The predicted octanol–water partition coefficient (Wildman–Crippen LogP) is 5.06. The largest absolute Gasteiger partial charge is 0.496 e. The van der Waals surface area contributed by atoms with Crippen LogP contribution in [-0.4, -0.2) is 50.6 Å². The second kappa shape index (κ2) is 12.2. The van der Waals surface area contributed by atoms with Crippen molar-refractivity contribution in [3.63, 3.8) is 0 Å². The van der Waals surface area contributed by atoms with Gasteiger partial charge in [0.05, 0.1) is 31.1 Å². The molecule has 0 fully saturated rings. The standard InChI is InChI=1S/C30H34BrN3O5/c1-6-18(2)29(36)32-28-19(3)34(27(35)17-38-4)25-10-8-7-9-24(25)33(30(28)37)16-23-22-13-12-21(31)15-20(22)11-14-26(23)39-5/h7-15,18-19,28H,6,16-17H2,1-5H3,(H,32,36)/t18-,19+,28+/m1/s1. The van der Waals surface area contributed by atoms with Gasteiger partial charge < -0.3 is 24.6 Å². The number of hydrogen-bond acceptors (Lipinski definition) is 5. The minimum atomic E-state index is -0.977. The lowest BCUT2D eigenvalue weighted by atomic mass is 10.0. The van der Waals surface area contributed by atoms with Crippen molar-refractivity contribution in [1.82, 2.24) is 5.32 Å². The minimum absolute atomic E-state index is 0.162. The summed E-state index contributed by atoms with van der Waals surface area (Å²) in [7, 11) is 3.06. The zero-order valence-corrected chi connectivity index (χ0v) is 24.4. The number of nitrogens with zero attached hydrogens (tertiary/aromatic N) is 2. The zero-order valence-electron chi connectivity index (χ0n) is 22.9. The SMILES string of the molecule is CC[C@@H](C)C(=O)N[C@@H]1C(=O)N(Cc2c(OC)ccc3cc(Br)ccc23)c2ccccc2N(C(=O)COC)[C@H]1C. The van der Waals surface area contributed by atoms with Crippen LogP contribution >= 0.6 is 15.9 Å². The van der Waals surface area contributed by atoms with Crippen LogP contribution in [0.3, 0.4) is 0 Å². The summed E-state index contributed by atoms with van der Waals surface area (Å²) in [6.45, 7) is 5.53. The van der Waals surface area contributed by atoms with Crippen molar-refractivity contribution in [2.45, 2.75) is 45.8 Å². The maximum absolute atomic E-state index is 14.4. The summed E-state index contributed by atoms with van der Waals surface area (Å²) in [6, 6.07) is 15.5. The van der Waals surface area contributed by atoms with Gasteiger partial charge in [-0.25, -0.2) is 0 Å². The van der Waals surface area contributed by atoms with Gasteiger partial charge in [-0.3, -0.25) is 14.4 Å². The molecule has 1 aliphatic heterocycles. The number of rotatable bonds is 8. The summed E-state index contributed by atoms with van der Waals surface area (Å²) in [5.41, 5.74) is 1.96. The van der Waals surface area contributed by atoms with Gasteiger partial charge in [0, 0.05) is 23.1 Å². The third-order valence-corrected chi connectivity index (χ3v) is 7.83. The van der Waals surface area contributed by atoms with Crippen LogP contribution in [0.2, 0.25) is 0 Å². The second-order valence-electron chi connectivity index (χ2n) is 9.76. The molecule has 3 atom stereocenters. The maximum atomic E-state index is 14.4. The Morgan fingerprint density at radius 1 is 1.08 bits per heavy atom. The zero-order chi connectivity index (χ0) is 28.3. The van der Waals surface area contributed by atoms with E-state index >= 15 is 0 Å².